The van der Waals surface area contributed by atoms with Gasteiger partial charge in [0.1, 0.15) is 5.69 Å². The number of hydrogen-bond acceptors (Lipinski definition) is 6. The fourth-order valence-corrected chi connectivity index (χ4v) is 4.03. The van der Waals surface area contributed by atoms with Crippen LogP contribution < -0.4 is 15.5 Å². The fourth-order valence-electron chi connectivity index (χ4n) is 3.17. The molecule has 0 aliphatic carbocycles. The van der Waals surface area contributed by atoms with Gasteiger partial charge in [0.05, 0.1) is 6.54 Å². The van der Waals surface area contributed by atoms with Crippen molar-refractivity contribution in [3.05, 3.63) is 29.8 Å². The second kappa shape index (κ2) is 9.26. The first-order valence-electron chi connectivity index (χ1n) is 10.9. The van der Waals surface area contributed by atoms with Gasteiger partial charge in [-0.15, -0.1) is 5.10 Å². The molecule has 0 bridgehead atoms. The van der Waals surface area contributed by atoms with Gasteiger partial charge >= 0.3 is 0 Å². The quantitative estimate of drug-likeness (QED) is 0.534. The van der Waals surface area contributed by atoms with E-state index in [1.165, 1.54) is 16.9 Å². The van der Waals surface area contributed by atoms with Gasteiger partial charge in [-0.3, -0.25) is 4.79 Å². The molecule has 3 aromatic rings. The summed E-state index contributed by atoms with van der Waals surface area (Å²) < 4.78 is 1.86. The first-order chi connectivity index (χ1) is 14.6. The Labute approximate surface area is 188 Å². The molecular weight excluding hydrogens is 408 g/mol. The molecule has 0 unspecified atom stereocenters. The minimum absolute atomic E-state index is 0.00515. The number of aromatic nitrogens is 3. The fraction of sp³-hybridized carbons (Fsp3) is 0.522. The Morgan fingerprint density at radius 3 is 2.48 bits per heavy atom. The Morgan fingerprint density at radius 1 is 1.23 bits per heavy atom. The van der Waals surface area contributed by atoms with E-state index < -0.39 is 0 Å². The van der Waals surface area contributed by atoms with Crippen LogP contribution in [0.5, 0.6) is 0 Å². The third-order valence-electron chi connectivity index (χ3n) is 5.05. The number of imidazole rings is 1. The Bertz CT molecular complexity index is 1030. The monoisotopic (exact) mass is 442 g/mol. The summed E-state index contributed by atoms with van der Waals surface area (Å²) >= 11 is 1.48. The Kier molecular flexibility index (Phi) is 6.89. The van der Waals surface area contributed by atoms with Gasteiger partial charge in [-0.2, -0.15) is 4.52 Å². The highest BCUT2D eigenvalue weighted by atomic mass is 32.1. The van der Waals surface area contributed by atoms with Crippen molar-refractivity contribution in [2.24, 2.45) is 0 Å². The lowest BCUT2D eigenvalue weighted by Gasteiger charge is -2.22. The highest BCUT2D eigenvalue weighted by Crippen LogP contribution is 2.34. The highest BCUT2D eigenvalue weighted by Gasteiger charge is 2.23. The van der Waals surface area contributed by atoms with Crippen LogP contribution in [0.2, 0.25) is 0 Å². The molecule has 2 heterocycles. The molecule has 0 saturated carbocycles. The summed E-state index contributed by atoms with van der Waals surface area (Å²) in [6, 6.07) is 8.69. The molecule has 0 spiro atoms. The minimum Gasteiger partial charge on any atom is -0.364 e. The van der Waals surface area contributed by atoms with Gasteiger partial charge < -0.3 is 15.5 Å². The summed E-state index contributed by atoms with van der Waals surface area (Å²) in [4.78, 5) is 19.8. The van der Waals surface area contributed by atoms with E-state index in [0.717, 1.165) is 40.0 Å². The Balaban J connectivity index is 1.93. The minimum atomic E-state index is -0.153. The number of carbonyl (C=O) groups excluding carboxylic acids is 1. The molecule has 1 atom stereocenters. The van der Waals surface area contributed by atoms with Crippen molar-refractivity contribution in [1.29, 1.82) is 0 Å². The summed E-state index contributed by atoms with van der Waals surface area (Å²) in [6.45, 7) is 12.8. The molecule has 0 aliphatic rings. The van der Waals surface area contributed by atoms with E-state index in [0.29, 0.717) is 0 Å². The maximum absolute atomic E-state index is 12.3. The second-order valence-electron chi connectivity index (χ2n) is 9.05. The maximum Gasteiger partial charge on any atom is 0.239 e. The number of rotatable bonds is 8. The van der Waals surface area contributed by atoms with Crippen molar-refractivity contribution in [2.75, 3.05) is 23.8 Å². The molecule has 0 radical (unpaired) electrons. The number of amides is 1. The van der Waals surface area contributed by atoms with Gasteiger partial charge in [-0.05, 0) is 46.1 Å². The lowest BCUT2D eigenvalue weighted by molar-refractivity contribution is -0.120. The van der Waals surface area contributed by atoms with Crippen LogP contribution in [0.4, 0.5) is 10.9 Å². The molecule has 0 fully saturated rings. The number of nitrogens with zero attached hydrogens (tertiary/aromatic N) is 4. The lowest BCUT2D eigenvalue weighted by Crippen LogP contribution is -2.39. The number of aryl methyl sites for hydroxylation is 1. The van der Waals surface area contributed by atoms with Gasteiger partial charge in [-0.25, -0.2) is 4.98 Å². The van der Waals surface area contributed by atoms with Crippen LogP contribution in [0, 0.1) is 0 Å². The highest BCUT2D eigenvalue weighted by molar-refractivity contribution is 7.20. The van der Waals surface area contributed by atoms with Gasteiger partial charge in [0.2, 0.25) is 16.0 Å². The predicted molar refractivity (Wildman–Crippen MR) is 130 cm³/mol. The normalized spacial score (nSPS) is 12.7. The number of nitrogens with one attached hydrogen (secondary N) is 2. The average molecular weight is 443 g/mol. The van der Waals surface area contributed by atoms with Crippen LogP contribution in [-0.2, 0) is 11.2 Å². The molecule has 2 aromatic heterocycles. The summed E-state index contributed by atoms with van der Waals surface area (Å²) in [5.74, 6) is 0.862. The number of anilines is 2. The average Bonchev–Trinajstić information content (AvgIpc) is 3.26. The molecule has 0 aliphatic heterocycles. The van der Waals surface area contributed by atoms with Crippen molar-refractivity contribution in [2.45, 2.75) is 66.0 Å². The topological polar surface area (TPSA) is 74.6 Å². The van der Waals surface area contributed by atoms with Crippen LogP contribution in [0.3, 0.4) is 0 Å². The van der Waals surface area contributed by atoms with E-state index in [1.807, 2.05) is 23.4 Å². The van der Waals surface area contributed by atoms with Crippen molar-refractivity contribution >= 4 is 33.2 Å². The zero-order valence-corrected chi connectivity index (χ0v) is 20.4. The number of hydrogen-bond donors (Lipinski definition) is 2. The van der Waals surface area contributed by atoms with Crippen molar-refractivity contribution in [1.82, 2.24) is 19.9 Å². The van der Waals surface area contributed by atoms with Crippen molar-refractivity contribution in [3.8, 4) is 11.3 Å². The first-order valence-corrected chi connectivity index (χ1v) is 11.7. The summed E-state index contributed by atoms with van der Waals surface area (Å²) in [5, 5.41) is 12.1. The van der Waals surface area contributed by atoms with Gasteiger partial charge in [0, 0.05) is 24.2 Å². The molecule has 8 heteroatoms. The van der Waals surface area contributed by atoms with Gasteiger partial charge in [0.25, 0.3) is 0 Å². The van der Waals surface area contributed by atoms with Crippen LogP contribution in [-0.4, -0.2) is 45.7 Å². The molecule has 2 N–H and O–H groups in total. The molecule has 168 valence electrons. The molecule has 7 nitrogen and oxygen atoms in total. The van der Waals surface area contributed by atoms with Crippen LogP contribution in [0.25, 0.3) is 16.2 Å². The van der Waals surface area contributed by atoms with E-state index in [1.54, 1.807) is 0 Å². The maximum atomic E-state index is 12.3. The largest absolute Gasteiger partial charge is 0.364 e. The summed E-state index contributed by atoms with van der Waals surface area (Å²) in [7, 11) is 1.88. The van der Waals surface area contributed by atoms with Crippen molar-refractivity contribution < 1.29 is 4.79 Å². The van der Waals surface area contributed by atoms with E-state index in [-0.39, 0.29) is 24.0 Å². The molecule has 31 heavy (non-hydrogen) atoms. The smallest absolute Gasteiger partial charge is 0.239 e. The molecule has 1 aromatic carbocycles. The third kappa shape index (κ3) is 5.55. The summed E-state index contributed by atoms with van der Waals surface area (Å²) in [6.07, 6.45) is 1.91. The number of likely N-dealkylation sites (N-methyl/N-ethyl adjacent to an activating group) is 1. The zero-order valence-electron chi connectivity index (χ0n) is 19.6. The van der Waals surface area contributed by atoms with Crippen LogP contribution in [0.15, 0.2) is 24.3 Å². The van der Waals surface area contributed by atoms with E-state index >= 15 is 0 Å². The molecular formula is C23H34N6OS. The molecule has 3 rings (SSSR count). The lowest BCUT2D eigenvalue weighted by atomic mass is 10.1. The van der Waals surface area contributed by atoms with Crippen molar-refractivity contribution in [3.63, 3.8) is 0 Å². The third-order valence-corrected chi connectivity index (χ3v) is 6.07. The Hall–Kier alpha value is -2.61. The standard InChI is InChI=1S/C23H34N6OS/c1-8-15(3)24-18(30)14-28(7)22-27-29-20(26-23(4,5)6)19(25-21(29)31-22)17-12-10-16(9-2)11-13-17/h10-13,15,26H,8-9,14H2,1-7H3,(H,24,30)/t15-/m0/s1. The zero-order chi connectivity index (χ0) is 22.8. The van der Waals surface area contributed by atoms with Crippen LogP contribution >= 0.6 is 11.3 Å². The van der Waals surface area contributed by atoms with E-state index in [4.69, 9.17) is 10.1 Å². The molecule has 0 saturated heterocycles. The van der Waals surface area contributed by atoms with Gasteiger partial charge in [0.15, 0.2) is 5.82 Å². The number of carbonyl (C=O) groups is 1. The predicted octanol–water partition coefficient (Wildman–Crippen LogP) is 4.58. The SMILES string of the molecule is CCc1ccc(-c2nc3sc(N(C)CC(=O)N[C@@H](C)CC)nn3c2NC(C)(C)C)cc1. The Morgan fingerprint density at radius 2 is 1.90 bits per heavy atom. The first kappa shape index (κ1) is 23.1. The number of fused-ring (bicyclic) bond motifs is 1. The van der Waals surface area contributed by atoms with E-state index in [9.17, 15) is 4.79 Å². The van der Waals surface area contributed by atoms with Crippen LogP contribution in [0.1, 0.15) is 53.5 Å². The van der Waals surface area contributed by atoms with E-state index in [2.05, 4.69) is 69.5 Å². The second-order valence-corrected chi connectivity index (χ2v) is 9.98. The summed E-state index contributed by atoms with van der Waals surface area (Å²) in [5.41, 5.74) is 3.09. The molecule has 1 amide bonds. The van der Waals surface area contributed by atoms with Gasteiger partial charge in [-0.1, -0.05) is 49.4 Å². The number of benzene rings is 1.